The van der Waals surface area contributed by atoms with Crippen molar-refractivity contribution in [1.82, 2.24) is 4.90 Å². The number of rotatable bonds is 3. The van der Waals surface area contributed by atoms with Gasteiger partial charge in [0.1, 0.15) is 5.82 Å². The molecular formula is C16H22FN3. The third-order valence-electron chi connectivity index (χ3n) is 4.87. The Hall–Kier alpha value is -1.58. The van der Waals surface area contributed by atoms with Crippen LogP contribution in [0.5, 0.6) is 0 Å². The number of hydrogen-bond acceptors (Lipinski definition) is 3. The molecule has 3 nitrogen and oxygen atoms in total. The fourth-order valence-corrected chi connectivity index (χ4v) is 3.76. The lowest BCUT2D eigenvalue weighted by atomic mass is 9.85. The van der Waals surface area contributed by atoms with Gasteiger partial charge in [0.15, 0.2) is 5.96 Å². The second kappa shape index (κ2) is 5.08. The van der Waals surface area contributed by atoms with E-state index in [0.717, 1.165) is 12.0 Å². The van der Waals surface area contributed by atoms with Gasteiger partial charge in [0.05, 0.1) is 12.1 Å². The molecule has 0 bridgehead atoms. The van der Waals surface area contributed by atoms with Crippen LogP contribution >= 0.6 is 0 Å². The molecule has 1 aromatic rings. The number of benzene rings is 1. The summed E-state index contributed by atoms with van der Waals surface area (Å²) in [6, 6.07) is 7.32. The molecule has 1 aliphatic carbocycles. The van der Waals surface area contributed by atoms with Crippen molar-refractivity contribution in [3.8, 4) is 0 Å². The molecule has 1 aromatic carbocycles. The van der Waals surface area contributed by atoms with E-state index in [0.29, 0.717) is 18.5 Å². The lowest BCUT2D eigenvalue weighted by Gasteiger charge is -2.43. The fraction of sp³-hybridized carbons (Fsp3) is 0.562. The van der Waals surface area contributed by atoms with E-state index in [9.17, 15) is 4.39 Å². The van der Waals surface area contributed by atoms with Gasteiger partial charge < -0.3 is 10.6 Å². The molecule has 1 heterocycles. The van der Waals surface area contributed by atoms with E-state index in [1.54, 1.807) is 0 Å². The van der Waals surface area contributed by atoms with Crippen LogP contribution in [0.25, 0.3) is 0 Å². The monoisotopic (exact) mass is 275 g/mol. The van der Waals surface area contributed by atoms with E-state index >= 15 is 0 Å². The maximum atomic E-state index is 13.2. The van der Waals surface area contributed by atoms with Gasteiger partial charge in [-0.3, -0.25) is 4.99 Å². The second-order valence-corrected chi connectivity index (χ2v) is 5.87. The summed E-state index contributed by atoms with van der Waals surface area (Å²) in [7, 11) is 0. The first-order valence-corrected chi connectivity index (χ1v) is 7.52. The summed E-state index contributed by atoms with van der Waals surface area (Å²) in [5.41, 5.74) is 7.11. The van der Waals surface area contributed by atoms with Crippen LogP contribution in [-0.4, -0.2) is 23.4 Å². The van der Waals surface area contributed by atoms with Crippen LogP contribution in [0, 0.1) is 5.82 Å². The predicted molar refractivity (Wildman–Crippen MR) is 79.0 cm³/mol. The molecule has 1 fully saturated rings. The van der Waals surface area contributed by atoms with Crippen molar-refractivity contribution < 1.29 is 4.39 Å². The van der Waals surface area contributed by atoms with Gasteiger partial charge in [0.2, 0.25) is 0 Å². The molecule has 0 amide bonds. The van der Waals surface area contributed by atoms with E-state index in [1.165, 1.54) is 37.8 Å². The first-order chi connectivity index (χ1) is 9.67. The zero-order chi connectivity index (χ0) is 14.2. The molecule has 0 aromatic heterocycles. The van der Waals surface area contributed by atoms with Gasteiger partial charge in [-0.05, 0) is 37.0 Å². The number of guanidine groups is 1. The van der Waals surface area contributed by atoms with Crippen LogP contribution in [0.1, 0.15) is 44.6 Å². The Bertz CT molecular complexity index is 505. The molecule has 0 spiro atoms. The van der Waals surface area contributed by atoms with E-state index in [-0.39, 0.29) is 11.4 Å². The van der Waals surface area contributed by atoms with Crippen LogP contribution in [0.2, 0.25) is 0 Å². The molecule has 2 N–H and O–H groups in total. The average Bonchev–Trinajstić information content (AvgIpc) is 3.07. The molecule has 3 rings (SSSR count). The van der Waals surface area contributed by atoms with Crippen LogP contribution in [0.15, 0.2) is 29.3 Å². The standard InChI is InChI=1S/C16H22FN3/c1-2-16(12-7-9-13(17)10-8-12)11-19-15(18)20(16)14-5-3-4-6-14/h7-10,14H,2-6,11H2,1H3,(H2,18,19). The second-order valence-electron chi connectivity index (χ2n) is 5.87. The third kappa shape index (κ3) is 1.98. The summed E-state index contributed by atoms with van der Waals surface area (Å²) in [6.07, 6.45) is 5.81. The molecule has 2 aliphatic rings. The molecule has 0 radical (unpaired) electrons. The summed E-state index contributed by atoms with van der Waals surface area (Å²) in [4.78, 5) is 6.82. The fourth-order valence-electron chi connectivity index (χ4n) is 3.76. The highest BCUT2D eigenvalue weighted by Crippen LogP contribution is 2.41. The topological polar surface area (TPSA) is 41.6 Å². The number of aliphatic imine (C=N–C) groups is 1. The molecule has 1 unspecified atom stereocenters. The van der Waals surface area contributed by atoms with Crippen molar-refractivity contribution in [3.63, 3.8) is 0 Å². The minimum absolute atomic E-state index is 0.188. The van der Waals surface area contributed by atoms with Crippen LogP contribution < -0.4 is 5.73 Å². The van der Waals surface area contributed by atoms with E-state index < -0.39 is 0 Å². The minimum Gasteiger partial charge on any atom is -0.370 e. The highest BCUT2D eigenvalue weighted by Gasteiger charge is 2.46. The number of hydrogen-bond donors (Lipinski definition) is 1. The van der Waals surface area contributed by atoms with Gasteiger partial charge >= 0.3 is 0 Å². The Balaban J connectivity index is 2.00. The van der Waals surface area contributed by atoms with Gasteiger partial charge in [0.25, 0.3) is 0 Å². The zero-order valence-corrected chi connectivity index (χ0v) is 12.0. The Labute approximate surface area is 119 Å². The Kier molecular flexibility index (Phi) is 3.40. The molecule has 1 aliphatic heterocycles. The molecular weight excluding hydrogens is 253 g/mol. The zero-order valence-electron chi connectivity index (χ0n) is 12.0. The largest absolute Gasteiger partial charge is 0.370 e. The third-order valence-corrected chi connectivity index (χ3v) is 4.87. The van der Waals surface area contributed by atoms with Gasteiger partial charge in [-0.15, -0.1) is 0 Å². The van der Waals surface area contributed by atoms with E-state index in [1.807, 2.05) is 12.1 Å². The minimum atomic E-state index is -0.195. The summed E-state index contributed by atoms with van der Waals surface area (Å²) in [5.74, 6) is 0.461. The molecule has 1 saturated carbocycles. The van der Waals surface area contributed by atoms with Crippen LogP contribution in [-0.2, 0) is 5.54 Å². The quantitative estimate of drug-likeness (QED) is 0.921. The highest BCUT2D eigenvalue weighted by atomic mass is 19.1. The van der Waals surface area contributed by atoms with Gasteiger partial charge in [-0.25, -0.2) is 4.39 Å². The van der Waals surface area contributed by atoms with Crippen molar-refractivity contribution in [2.45, 2.75) is 50.6 Å². The van der Waals surface area contributed by atoms with E-state index in [2.05, 4.69) is 16.8 Å². The summed E-state index contributed by atoms with van der Waals surface area (Å²) in [5, 5.41) is 0. The van der Waals surface area contributed by atoms with Crippen molar-refractivity contribution >= 4 is 5.96 Å². The van der Waals surface area contributed by atoms with Crippen LogP contribution in [0.4, 0.5) is 4.39 Å². The smallest absolute Gasteiger partial charge is 0.192 e. The molecule has 4 heteroatoms. The first kappa shape index (κ1) is 13.4. The van der Waals surface area contributed by atoms with Crippen LogP contribution in [0.3, 0.4) is 0 Å². The van der Waals surface area contributed by atoms with Gasteiger partial charge in [-0.1, -0.05) is 31.9 Å². The van der Waals surface area contributed by atoms with Crippen molar-refractivity contribution in [3.05, 3.63) is 35.6 Å². The van der Waals surface area contributed by atoms with Crippen molar-refractivity contribution in [2.75, 3.05) is 6.54 Å². The van der Waals surface area contributed by atoms with E-state index in [4.69, 9.17) is 5.73 Å². The number of nitrogens with two attached hydrogens (primary N) is 1. The predicted octanol–water partition coefficient (Wildman–Crippen LogP) is 3.00. The lowest BCUT2D eigenvalue weighted by Crippen LogP contribution is -2.53. The Morgan fingerprint density at radius 3 is 2.55 bits per heavy atom. The maximum absolute atomic E-state index is 13.2. The van der Waals surface area contributed by atoms with Crippen molar-refractivity contribution in [1.29, 1.82) is 0 Å². The average molecular weight is 275 g/mol. The molecule has 0 saturated heterocycles. The summed E-state index contributed by atoms with van der Waals surface area (Å²) < 4.78 is 13.2. The van der Waals surface area contributed by atoms with Gasteiger partial charge in [0, 0.05) is 6.04 Å². The number of nitrogens with zero attached hydrogens (tertiary/aromatic N) is 2. The highest BCUT2D eigenvalue weighted by molar-refractivity contribution is 5.81. The summed E-state index contributed by atoms with van der Waals surface area (Å²) in [6.45, 7) is 2.84. The number of halogens is 1. The molecule has 1 atom stereocenters. The first-order valence-electron chi connectivity index (χ1n) is 7.52. The van der Waals surface area contributed by atoms with Gasteiger partial charge in [-0.2, -0.15) is 0 Å². The Morgan fingerprint density at radius 1 is 1.30 bits per heavy atom. The lowest BCUT2D eigenvalue weighted by molar-refractivity contribution is 0.142. The summed E-state index contributed by atoms with van der Waals surface area (Å²) >= 11 is 0. The maximum Gasteiger partial charge on any atom is 0.192 e. The Morgan fingerprint density at radius 2 is 1.95 bits per heavy atom. The normalized spacial score (nSPS) is 27.1. The SMILES string of the molecule is CCC1(c2ccc(F)cc2)CN=C(N)N1C1CCCC1. The molecule has 108 valence electrons. The van der Waals surface area contributed by atoms with Crippen molar-refractivity contribution in [2.24, 2.45) is 10.7 Å². The molecule has 20 heavy (non-hydrogen) atoms.